The summed E-state index contributed by atoms with van der Waals surface area (Å²) < 4.78 is 11.0. The van der Waals surface area contributed by atoms with Crippen molar-refractivity contribution in [1.82, 2.24) is 29.7 Å². The number of H-pyrrole nitrogens is 1. The van der Waals surface area contributed by atoms with Gasteiger partial charge in [-0.3, -0.25) is 9.80 Å². The van der Waals surface area contributed by atoms with Crippen LogP contribution in [0.2, 0.25) is 0 Å². The van der Waals surface area contributed by atoms with Gasteiger partial charge in [-0.1, -0.05) is 44.2 Å². The maximum atomic E-state index is 13.9. The van der Waals surface area contributed by atoms with E-state index in [1.807, 2.05) is 24.3 Å². The van der Waals surface area contributed by atoms with Gasteiger partial charge in [-0.15, -0.1) is 0 Å². The van der Waals surface area contributed by atoms with Gasteiger partial charge in [0.1, 0.15) is 11.8 Å². The number of nitrogens with zero attached hydrogens (tertiary/aromatic N) is 8. The highest BCUT2D eigenvalue weighted by Crippen LogP contribution is 2.43. The molecule has 2 saturated heterocycles. The molecule has 3 aliphatic heterocycles. The van der Waals surface area contributed by atoms with E-state index in [0.717, 1.165) is 112 Å². The van der Waals surface area contributed by atoms with Crippen LogP contribution in [0.15, 0.2) is 48.5 Å². The van der Waals surface area contributed by atoms with E-state index < -0.39 is 12.1 Å². The molecular weight excluding hydrogens is 618 g/mol. The summed E-state index contributed by atoms with van der Waals surface area (Å²) in [6.45, 7) is 13.8. The Labute approximate surface area is 289 Å². The zero-order chi connectivity index (χ0) is 33.9. The van der Waals surface area contributed by atoms with Crippen molar-refractivity contribution in [2.24, 2.45) is 0 Å². The summed E-state index contributed by atoms with van der Waals surface area (Å²) in [5.74, 6) is 2.24. The number of nitrogens with one attached hydrogen (secondary N) is 1. The number of aromatic nitrogens is 4. The number of benzene rings is 2. The lowest BCUT2D eigenvalue weighted by Gasteiger charge is -2.42. The van der Waals surface area contributed by atoms with E-state index in [9.17, 15) is 4.79 Å². The number of fused-ring (bicyclic) bond motifs is 3. The molecule has 0 unspecified atom stereocenters. The standard InChI is InChI=1S/C37H49N9O3/c1-5-15-42-17-21-44(22-18-42)35-39-36(45-23-19-43(16-6-2)20-24-45)41-37(40-35)46-31(34(47)49-4)25-29-28-9-7-8-10-30(28)38-32(29)33(46)26-11-13-27(48-3)14-12-26/h7-14,31,33,38H,5-6,15-25H2,1-4H3/t31-,33+/m0/s1. The normalized spacial score (nSPS) is 20.4. The molecule has 12 nitrogen and oxygen atoms in total. The van der Waals surface area contributed by atoms with Crippen molar-refractivity contribution in [3.8, 4) is 5.75 Å². The highest BCUT2D eigenvalue weighted by Gasteiger charge is 2.44. The summed E-state index contributed by atoms with van der Waals surface area (Å²) in [4.78, 5) is 44.8. The zero-order valence-electron chi connectivity index (χ0n) is 29.3. The van der Waals surface area contributed by atoms with Crippen molar-refractivity contribution in [3.63, 3.8) is 0 Å². The van der Waals surface area contributed by atoms with Crippen LogP contribution in [0.5, 0.6) is 5.75 Å². The summed E-state index contributed by atoms with van der Waals surface area (Å²) in [6, 6.07) is 15.3. The summed E-state index contributed by atoms with van der Waals surface area (Å²) in [5, 5.41) is 1.11. The number of aromatic amines is 1. The average Bonchev–Trinajstić information content (AvgIpc) is 3.53. The summed E-state index contributed by atoms with van der Waals surface area (Å²) >= 11 is 0. The number of carbonyl (C=O) groups is 1. The predicted octanol–water partition coefficient (Wildman–Crippen LogP) is 4.12. The van der Waals surface area contributed by atoms with Crippen LogP contribution in [-0.4, -0.2) is 121 Å². The van der Waals surface area contributed by atoms with Gasteiger partial charge >= 0.3 is 5.97 Å². The second kappa shape index (κ2) is 14.6. The van der Waals surface area contributed by atoms with Gasteiger partial charge in [0.25, 0.3) is 0 Å². The largest absolute Gasteiger partial charge is 0.497 e. The molecule has 0 saturated carbocycles. The van der Waals surface area contributed by atoms with E-state index in [1.54, 1.807) is 7.11 Å². The average molecular weight is 668 g/mol. The van der Waals surface area contributed by atoms with E-state index in [4.69, 9.17) is 24.4 Å². The van der Waals surface area contributed by atoms with E-state index in [1.165, 1.54) is 7.11 Å². The Hall–Kier alpha value is -4.42. The molecule has 5 heterocycles. The second-order valence-electron chi connectivity index (χ2n) is 13.3. The first kappa shape index (κ1) is 33.1. The molecule has 7 rings (SSSR count). The van der Waals surface area contributed by atoms with Gasteiger partial charge in [0, 0.05) is 75.4 Å². The highest BCUT2D eigenvalue weighted by atomic mass is 16.5. The van der Waals surface area contributed by atoms with Gasteiger partial charge in [-0.2, -0.15) is 15.0 Å². The predicted molar refractivity (Wildman–Crippen MR) is 193 cm³/mol. The third kappa shape index (κ3) is 6.63. The fraction of sp³-hybridized carbons (Fsp3) is 0.514. The number of methoxy groups -OCH3 is 2. The third-order valence-electron chi connectivity index (χ3n) is 10.3. The molecule has 0 aliphatic carbocycles. The molecule has 0 bridgehead atoms. The van der Waals surface area contributed by atoms with Crippen LogP contribution in [0.1, 0.15) is 49.6 Å². The van der Waals surface area contributed by atoms with Crippen LogP contribution in [0, 0.1) is 0 Å². The topological polar surface area (TPSA) is 106 Å². The Balaban J connectivity index is 1.37. The monoisotopic (exact) mass is 667 g/mol. The molecule has 1 N–H and O–H groups in total. The first-order valence-corrected chi connectivity index (χ1v) is 17.8. The van der Waals surface area contributed by atoms with Gasteiger partial charge in [0.2, 0.25) is 17.8 Å². The van der Waals surface area contributed by atoms with Crippen molar-refractivity contribution in [3.05, 3.63) is 65.4 Å². The van der Waals surface area contributed by atoms with Crippen LogP contribution < -0.4 is 19.4 Å². The maximum absolute atomic E-state index is 13.9. The first-order chi connectivity index (χ1) is 24.0. The maximum Gasteiger partial charge on any atom is 0.328 e. The molecule has 4 aromatic rings. The summed E-state index contributed by atoms with van der Waals surface area (Å²) in [6.07, 6.45) is 2.73. The van der Waals surface area contributed by atoms with Crippen LogP contribution in [0.4, 0.5) is 17.8 Å². The summed E-state index contributed by atoms with van der Waals surface area (Å²) in [7, 11) is 3.13. The number of hydrogen-bond donors (Lipinski definition) is 1. The molecule has 3 aliphatic rings. The Kier molecular flexibility index (Phi) is 9.86. The number of esters is 1. The third-order valence-corrected chi connectivity index (χ3v) is 10.3. The fourth-order valence-electron chi connectivity index (χ4n) is 7.70. The molecule has 2 aromatic heterocycles. The van der Waals surface area contributed by atoms with Gasteiger partial charge in [0.05, 0.1) is 20.3 Å². The lowest BCUT2D eigenvalue weighted by Crippen LogP contribution is -2.51. The smallest absolute Gasteiger partial charge is 0.328 e. The van der Waals surface area contributed by atoms with Crippen LogP contribution in [-0.2, 0) is 16.0 Å². The molecular formula is C37H49N9O3. The van der Waals surface area contributed by atoms with Crippen LogP contribution >= 0.6 is 0 Å². The molecule has 0 radical (unpaired) electrons. The van der Waals surface area contributed by atoms with Gasteiger partial charge in [0.15, 0.2) is 0 Å². The quantitative estimate of drug-likeness (QED) is 0.247. The Bertz CT molecular complexity index is 1680. The minimum atomic E-state index is -0.658. The molecule has 260 valence electrons. The molecule has 12 heteroatoms. The van der Waals surface area contributed by atoms with Crippen molar-refractivity contribution in [2.75, 3.05) is 94.4 Å². The minimum absolute atomic E-state index is 0.320. The number of hydrogen-bond acceptors (Lipinski definition) is 11. The van der Waals surface area contributed by atoms with E-state index in [2.05, 4.69) is 67.6 Å². The SMILES string of the molecule is CCCN1CCN(c2nc(N3CCN(CCC)CC3)nc(N3[C@H](c4ccc(OC)cc4)c4[nH]c5ccccc5c4C[C@H]3C(=O)OC)n2)CC1. The molecule has 0 amide bonds. The lowest BCUT2D eigenvalue weighted by molar-refractivity contribution is -0.142. The highest BCUT2D eigenvalue weighted by molar-refractivity contribution is 5.89. The molecule has 2 aromatic carbocycles. The van der Waals surface area contributed by atoms with Crippen molar-refractivity contribution in [2.45, 2.75) is 45.2 Å². The Morgan fingerprint density at radius 1 is 0.776 bits per heavy atom. The number of anilines is 3. The Morgan fingerprint density at radius 3 is 1.90 bits per heavy atom. The minimum Gasteiger partial charge on any atom is -0.497 e. The van der Waals surface area contributed by atoms with E-state index >= 15 is 0 Å². The fourth-order valence-corrected chi connectivity index (χ4v) is 7.70. The second-order valence-corrected chi connectivity index (χ2v) is 13.3. The van der Waals surface area contributed by atoms with E-state index in [-0.39, 0.29) is 5.97 Å². The molecule has 49 heavy (non-hydrogen) atoms. The van der Waals surface area contributed by atoms with E-state index in [0.29, 0.717) is 24.3 Å². The lowest BCUT2D eigenvalue weighted by atomic mass is 9.88. The van der Waals surface area contributed by atoms with Crippen molar-refractivity contribution in [1.29, 1.82) is 0 Å². The number of para-hydroxylation sites is 1. The number of ether oxygens (including phenoxy) is 2. The van der Waals surface area contributed by atoms with Crippen molar-refractivity contribution < 1.29 is 14.3 Å². The Morgan fingerprint density at radius 2 is 1.35 bits per heavy atom. The summed E-state index contributed by atoms with van der Waals surface area (Å²) in [5.41, 5.74) is 4.16. The molecule has 2 fully saturated rings. The number of carbonyl (C=O) groups excluding carboxylic acids is 1. The first-order valence-electron chi connectivity index (χ1n) is 17.8. The van der Waals surface area contributed by atoms with Crippen LogP contribution in [0.25, 0.3) is 10.9 Å². The number of piperazine rings is 2. The number of rotatable bonds is 10. The molecule has 0 spiro atoms. The van der Waals surface area contributed by atoms with Gasteiger partial charge in [-0.05, 0) is 55.3 Å². The van der Waals surface area contributed by atoms with Gasteiger partial charge < -0.3 is 29.2 Å². The zero-order valence-corrected chi connectivity index (χ0v) is 29.3. The van der Waals surface area contributed by atoms with Gasteiger partial charge in [-0.25, -0.2) is 4.79 Å². The molecule has 2 atom stereocenters. The van der Waals surface area contributed by atoms with Crippen molar-refractivity contribution >= 4 is 34.7 Å². The van der Waals surface area contributed by atoms with Crippen LogP contribution in [0.3, 0.4) is 0 Å².